The van der Waals surface area contributed by atoms with E-state index in [0.29, 0.717) is 16.5 Å². The maximum absolute atomic E-state index is 14.1. The Bertz CT molecular complexity index is 1420. The molecule has 0 aliphatic heterocycles. The molecule has 3 rings (SSSR count). The minimum atomic E-state index is -3.87. The summed E-state index contributed by atoms with van der Waals surface area (Å²) in [5.41, 5.74) is 2.66. The highest BCUT2D eigenvalue weighted by molar-refractivity contribution is 7.92. The number of amides is 2. The minimum absolute atomic E-state index is 0.0771. The first-order chi connectivity index (χ1) is 18.9. The lowest BCUT2D eigenvalue weighted by Crippen LogP contribution is -2.54. The monoisotopic (exact) mass is 603 g/mol. The molecule has 0 aromatic heterocycles. The number of sulfonamides is 1. The molecule has 3 aromatic rings. The fourth-order valence-electron chi connectivity index (χ4n) is 4.13. The van der Waals surface area contributed by atoms with E-state index in [1.54, 1.807) is 43.3 Å². The molecular weight excluding hydrogens is 569 g/mol. The second-order valence-electron chi connectivity index (χ2n) is 9.87. The second-order valence-corrected chi connectivity index (χ2v) is 12.6. The number of anilines is 1. The molecule has 0 saturated carbocycles. The zero-order chi connectivity index (χ0) is 29.4. The molecule has 0 saturated heterocycles. The van der Waals surface area contributed by atoms with Gasteiger partial charge in [-0.1, -0.05) is 78.7 Å². The van der Waals surface area contributed by atoms with E-state index in [1.807, 2.05) is 44.2 Å². The minimum Gasteiger partial charge on any atom is -0.352 e. The lowest BCUT2D eigenvalue weighted by atomic mass is 10.0. The fourth-order valence-corrected chi connectivity index (χ4v) is 5.27. The van der Waals surface area contributed by atoms with Crippen molar-refractivity contribution in [2.75, 3.05) is 17.1 Å². The van der Waals surface area contributed by atoms with Crippen LogP contribution in [0.4, 0.5) is 5.69 Å². The van der Waals surface area contributed by atoms with E-state index in [9.17, 15) is 18.0 Å². The van der Waals surface area contributed by atoms with E-state index in [-0.39, 0.29) is 30.6 Å². The average Bonchev–Trinajstić information content (AvgIpc) is 2.91. The molecule has 0 fully saturated rings. The molecule has 2 amide bonds. The lowest BCUT2D eigenvalue weighted by molar-refractivity contribution is -0.140. The smallest absolute Gasteiger partial charge is 0.244 e. The van der Waals surface area contributed by atoms with E-state index < -0.39 is 28.5 Å². The molecule has 0 aliphatic rings. The zero-order valence-electron chi connectivity index (χ0n) is 23.1. The van der Waals surface area contributed by atoms with Crippen LogP contribution in [0.15, 0.2) is 72.8 Å². The third-order valence-corrected chi connectivity index (χ3v) is 8.46. The number of rotatable bonds is 12. The van der Waals surface area contributed by atoms with Gasteiger partial charge >= 0.3 is 0 Å². The van der Waals surface area contributed by atoms with E-state index in [0.717, 1.165) is 27.3 Å². The number of hydrogen-bond donors (Lipinski definition) is 1. The van der Waals surface area contributed by atoms with Gasteiger partial charge in [0.05, 0.1) is 11.9 Å². The van der Waals surface area contributed by atoms with Gasteiger partial charge in [-0.05, 0) is 61.2 Å². The maximum Gasteiger partial charge on any atom is 0.244 e. The third-order valence-electron chi connectivity index (χ3n) is 6.66. The predicted molar refractivity (Wildman–Crippen MR) is 162 cm³/mol. The number of hydrogen-bond acceptors (Lipinski definition) is 4. The number of nitrogens with one attached hydrogen (secondary N) is 1. The van der Waals surface area contributed by atoms with Crippen LogP contribution in [0, 0.1) is 6.92 Å². The molecule has 10 heteroatoms. The van der Waals surface area contributed by atoms with Crippen LogP contribution in [-0.4, -0.2) is 50.0 Å². The molecule has 214 valence electrons. The molecule has 2 atom stereocenters. The van der Waals surface area contributed by atoms with Gasteiger partial charge in [-0.25, -0.2) is 8.42 Å². The van der Waals surface area contributed by atoms with Crippen LogP contribution < -0.4 is 9.62 Å². The van der Waals surface area contributed by atoms with Crippen molar-refractivity contribution in [1.29, 1.82) is 0 Å². The summed E-state index contributed by atoms with van der Waals surface area (Å²) in [6.07, 6.45) is 2.00. The van der Waals surface area contributed by atoms with Gasteiger partial charge in [-0.15, -0.1) is 0 Å². The molecule has 0 radical (unpaired) electrons. The van der Waals surface area contributed by atoms with Gasteiger partial charge in [-0.2, -0.15) is 0 Å². The molecule has 7 nitrogen and oxygen atoms in total. The Morgan fingerprint density at radius 2 is 1.60 bits per heavy atom. The Labute approximate surface area is 247 Å². The number of nitrogens with zero attached hydrogens (tertiary/aromatic N) is 2. The first-order valence-electron chi connectivity index (χ1n) is 13.0. The average molecular weight is 605 g/mol. The first-order valence-corrected chi connectivity index (χ1v) is 15.6. The zero-order valence-corrected chi connectivity index (χ0v) is 25.4. The van der Waals surface area contributed by atoms with Gasteiger partial charge in [0.25, 0.3) is 0 Å². The van der Waals surface area contributed by atoms with Crippen LogP contribution in [0.1, 0.15) is 37.0 Å². The molecule has 3 aromatic carbocycles. The van der Waals surface area contributed by atoms with Gasteiger partial charge in [0.2, 0.25) is 21.8 Å². The van der Waals surface area contributed by atoms with Crippen molar-refractivity contribution in [3.63, 3.8) is 0 Å². The SMILES string of the molecule is CC[C@H](C)NC(=O)[C@H](Cc1ccccc1)N(Cc1ccc(Cl)cc1)C(=O)CN(c1ccc(C)c(Cl)c1)S(C)(=O)=O. The highest BCUT2D eigenvalue weighted by atomic mass is 35.5. The Balaban J connectivity index is 2.06. The van der Waals surface area contributed by atoms with Gasteiger partial charge in [0, 0.05) is 29.1 Å². The van der Waals surface area contributed by atoms with Crippen LogP contribution >= 0.6 is 23.2 Å². The summed E-state index contributed by atoms with van der Waals surface area (Å²) in [5, 5.41) is 3.93. The van der Waals surface area contributed by atoms with Crippen molar-refractivity contribution in [2.45, 2.75) is 52.2 Å². The molecule has 0 bridgehead atoms. The molecular formula is C30H35Cl2N3O4S. The summed E-state index contributed by atoms with van der Waals surface area (Å²) < 4.78 is 26.8. The van der Waals surface area contributed by atoms with Crippen LogP contribution in [0.3, 0.4) is 0 Å². The topological polar surface area (TPSA) is 86.8 Å². The quantitative estimate of drug-likeness (QED) is 0.291. The molecule has 40 heavy (non-hydrogen) atoms. The largest absolute Gasteiger partial charge is 0.352 e. The summed E-state index contributed by atoms with van der Waals surface area (Å²) in [6, 6.07) is 20.2. The van der Waals surface area contributed by atoms with Crippen molar-refractivity contribution >= 4 is 50.7 Å². The number of benzene rings is 3. The predicted octanol–water partition coefficient (Wildman–Crippen LogP) is 5.62. The van der Waals surface area contributed by atoms with Gasteiger partial charge < -0.3 is 10.2 Å². The van der Waals surface area contributed by atoms with Crippen molar-refractivity contribution in [1.82, 2.24) is 10.2 Å². The number of carbonyl (C=O) groups excluding carboxylic acids is 2. The van der Waals surface area contributed by atoms with E-state index in [2.05, 4.69) is 5.32 Å². The summed E-state index contributed by atoms with van der Waals surface area (Å²) in [4.78, 5) is 29.2. The van der Waals surface area contributed by atoms with Crippen LogP contribution in [-0.2, 0) is 32.6 Å². The standard InChI is InChI=1S/C30H35Cl2N3O4S/c1-5-22(3)33-30(37)28(17-23-9-7-6-8-10-23)34(19-24-12-14-25(31)15-13-24)29(36)20-35(40(4,38)39)26-16-11-21(2)27(32)18-26/h6-16,18,22,28H,5,17,19-20H2,1-4H3,(H,33,37)/t22-,28-/m0/s1. The Morgan fingerprint density at radius 1 is 0.950 bits per heavy atom. The molecule has 0 unspecified atom stereocenters. The van der Waals surface area contributed by atoms with Gasteiger partial charge in [0.15, 0.2) is 0 Å². The summed E-state index contributed by atoms with van der Waals surface area (Å²) in [5.74, 6) is -0.845. The van der Waals surface area contributed by atoms with Crippen LogP contribution in [0.2, 0.25) is 10.0 Å². The van der Waals surface area contributed by atoms with E-state index >= 15 is 0 Å². The Kier molecular flexibility index (Phi) is 11.0. The van der Waals surface area contributed by atoms with E-state index in [1.165, 1.54) is 11.0 Å². The van der Waals surface area contributed by atoms with Crippen molar-refractivity contribution in [3.05, 3.63) is 99.5 Å². The highest BCUT2D eigenvalue weighted by Gasteiger charge is 2.33. The highest BCUT2D eigenvalue weighted by Crippen LogP contribution is 2.26. The van der Waals surface area contributed by atoms with Crippen molar-refractivity contribution in [3.8, 4) is 0 Å². The van der Waals surface area contributed by atoms with E-state index in [4.69, 9.17) is 23.2 Å². The number of halogens is 2. The maximum atomic E-state index is 14.1. The number of aryl methyl sites for hydroxylation is 1. The summed E-state index contributed by atoms with van der Waals surface area (Å²) >= 11 is 12.4. The first kappa shape index (κ1) is 31.5. The Morgan fingerprint density at radius 3 is 2.17 bits per heavy atom. The summed E-state index contributed by atoms with van der Waals surface area (Å²) in [7, 11) is -3.87. The third kappa shape index (κ3) is 8.71. The van der Waals surface area contributed by atoms with Crippen LogP contribution in [0.25, 0.3) is 0 Å². The fraction of sp³-hybridized carbons (Fsp3) is 0.333. The summed E-state index contributed by atoms with van der Waals surface area (Å²) in [6.45, 7) is 5.24. The van der Waals surface area contributed by atoms with Gasteiger partial charge in [-0.3, -0.25) is 13.9 Å². The number of carbonyl (C=O) groups is 2. The normalized spacial score (nSPS) is 12.8. The second kappa shape index (κ2) is 14.0. The van der Waals surface area contributed by atoms with Crippen LogP contribution in [0.5, 0.6) is 0 Å². The van der Waals surface area contributed by atoms with Crippen molar-refractivity contribution < 1.29 is 18.0 Å². The van der Waals surface area contributed by atoms with Gasteiger partial charge in [0.1, 0.15) is 12.6 Å². The van der Waals surface area contributed by atoms with Crippen molar-refractivity contribution in [2.24, 2.45) is 0 Å². The Hall–Kier alpha value is -3.07. The molecule has 0 spiro atoms. The molecule has 0 aliphatic carbocycles. The lowest BCUT2D eigenvalue weighted by Gasteiger charge is -2.34. The molecule has 1 N–H and O–H groups in total. The molecule has 0 heterocycles.